The highest BCUT2D eigenvalue weighted by Gasteiger charge is 2.14. The molecule has 0 radical (unpaired) electrons. The molecule has 0 unspecified atom stereocenters. The summed E-state index contributed by atoms with van der Waals surface area (Å²) in [6, 6.07) is 4.01. The number of ether oxygens (including phenoxy) is 1. The first-order valence-corrected chi connectivity index (χ1v) is 4.83. The molecule has 0 bridgehead atoms. The van der Waals surface area contributed by atoms with Gasteiger partial charge in [0.25, 0.3) is 0 Å². The number of hydrogen-bond donors (Lipinski definition) is 0. The van der Waals surface area contributed by atoms with E-state index in [2.05, 4.69) is 9.72 Å². The maximum absolute atomic E-state index is 13.0. The van der Waals surface area contributed by atoms with Crippen LogP contribution in [0.5, 0.6) is 0 Å². The van der Waals surface area contributed by atoms with Gasteiger partial charge in [0.1, 0.15) is 5.82 Å². The molecular weight excluding hydrogens is 233 g/mol. The summed E-state index contributed by atoms with van der Waals surface area (Å²) in [4.78, 5) is 15.3. The van der Waals surface area contributed by atoms with Gasteiger partial charge in [-0.2, -0.15) is 0 Å². The lowest BCUT2D eigenvalue weighted by atomic mass is 10.1. The number of esters is 1. The number of nitrogens with zero attached hydrogens (tertiary/aromatic N) is 1. The predicted molar refractivity (Wildman–Crippen MR) is 58.1 cm³/mol. The second kappa shape index (κ2) is 4.06. The fourth-order valence-electron chi connectivity index (χ4n) is 1.38. The number of methoxy groups -OCH3 is 1. The first-order valence-electron chi connectivity index (χ1n) is 4.45. The van der Waals surface area contributed by atoms with E-state index in [0.717, 1.165) is 0 Å². The van der Waals surface area contributed by atoms with Crippen molar-refractivity contribution in [2.45, 2.75) is 0 Å². The SMILES string of the molecule is COC(=O)c1cnc2ccc(F)cc2c1Cl. The summed E-state index contributed by atoms with van der Waals surface area (Å²) in [5.41, 5.74) is 0.654. The minimum atomic E-state index is -0.594. The zero-order valence-corrected chi connectivity index (χ0v) is 9.08. The van der Waals surface area contributed by atoms with E-state index in [9.17, 15) is 9.18 Å². The molecule has 16 heavy (non-hydrogen) atoms. The van der Waals surface area contributed by atoms with Crippen molar-refractivity contribution >= 4 is 28.5 Å². The monoisotopic (exact) mass is 239 g/mol. The summed E-state index contributed by atoms with van der Waals surface area (Å²) in [5.74, 6) is -1.03. The van der Waals surface area contributed by atoms with Crippen LogP contribution in [0.2, 0.25) is 5.02 Å². The normalized spacial score (nSPS) is 10.4. The Labute approximate surface area is 95.8 Å². The third kappa shape index (κ3) is 1.72. The number of pyridine rings is 1. The van der Waals surface area contributed by atoms with E-state index in [1.807, 2.05) is 0 Å². The van der Waals surface area contributed by atoms with E-state index in [4.69, 9.17) is 11.6 Å². The summed E-state index contributed by atoms with van der Waals surface area (Å²) in [5, 5.41) is 0.543. The molecule has 5 heteroatoms. The first kappa shape index (κ1) is 10.8. The van der Waals surface area contributed by atoms with Gasteiger partial charge in [0, 0.05) is 11.6 Å². The number of carbonyl (C=O) groups excluding carboxylic acids is 1. The van der Waals surface area contributed by atoms with Crippen molar-refractivity contribution in [2.24, 2.45) is 0 Å². The molecule has 0 aliphatic rings. The van der Waals surface area contributed by atoms with Gasteiger partial charge in [-0.1, -0.05) is 11.6 Å². The minimum Gasteiger partial charge on any atom is -0.465 e. The van der Waals surface area contributed by atoms with Crippen LogP contribution in [0.25, 0.3) is 10.9 Å². The molecule has 0 amide bonds. The van der Waals surface area contributed by atoms with E-state index in [1.165, 1.54) is 31.5 Å². The molecule has 0 fully saturated rings. The Morgan fingerprint density at radius 2 is 2.25 bits per heavy atom. The lowest BCUT2D eigenvalue weighted by molar-refractivity contribution is 0.0600. The van der Waals surface area contributed by atoms with Crippen LogP contribution in [-0.4, -0.2) is 18.1 Å². The number of halogens is 2. The molecule has 0 atom stereocenters. The van der Waals surface area contributed by atoms with Gasteiger partial charge < -0.3 is 4.74 Å². The van der Waals surface area contributed by atoms with E-state index in [-0.39, 0.29) is 10.6 Å². The molecule has 0 spiro atoms. The number of benzene rings is 1. The summed E-state index contributed by atoms with van der Waals surface area (Å²) in [7, 11) is 1.24. The smallest absolute Gasteiger partial charge is 0.340 e. The van der Waals surface area contributed by atoms with E-state index in [1.54, 1.807) is 0 Å². The second-order valence-corrected chi connectivity index (χ2v) is 3.52. The second-order valence-electron chi connectivity index (χ2n) is 3.14. The average Bonchev–Trinajstić information content (AvgIpc) is 2.29. The van der Waals surface area contributed by atoms with Crippen molar-refractivity contribution in [3.05, 3.63) is 40.8 Å². The maximum atomic E-state index is 13.0. The Morgan fingerprint density at radius 1 is 1.50 bits per heavy atom. The molecule has 0 aliphatic heterocycles. The Kier molecular flexibility index (Phi) is 2.75. The van der Waals surface area contributed by atoms with Gasteiger partial charge in [0.2, 0.25) is 0 Å². The van der Waals surface area contributed by atoms with Gasteiger partial charge in [0.15, 0.2) is 0 Å². The Balaban J connectivity index is 2.72. The van der Waals surface area contributed by atoms with E-state index < -0.39 is 11.8 Å². The van der Waals surface area contributed by atoms with Crippen molar-refractivity contribution in [3.63, 3.8) is 0 Å². The summed E-state index contributed by atoms with van der Waals surface area (Å²) < 4.78 is 17.6. The van der Waals surface area contributed by atoms with Gasteiger partial charge in [-0.25, -0.2) is 9.18 Å². The third-order valence-corrected chi connectivity index (χ3v) is 2.58. The van der Waals surface area contributed by atoms with Crippen molar-refractivity contribution in [3.8, 4) is 0 Å². The molecule has 2 aromatic rings. The highest BCUT2D eigenvalue weighted by molar-refractivity contribution is 6.38. The standard InChI is InChI=1S/C11H7ClFNO2/c1-16-11(15)8-5-14-9-3-2-6(13)4-7(9)10(8)12/h2-5H,1H3. The van der Waals surface area contributed by atoms with E-state index >= 15 is 0 Å². The van der Waals surface area contributed by atoms with Crippen molar-refractivity contribution in [1.29, 1.82) is 0 Å². The number of hydrogen-bond acceptors (Lipinski definition) is 3. The van der Waals surface area contributed by atoms with Crippen LogP contribution < -0.4 is 0 Å². The molecule has 1 heterocycles. The zero-order chi connectivity index (χ0) is 11.7. The largest absolute Gasteiger partial charge is 0.465 e. The molecule has 3 nitrogen and oxygen atoms in total. The maximum Gasteiger partial charge on any atom is 0.340 e. The summed E-state index contributed by atoms with van der Waals surface area (Å²) in [6.45, 7) is 0. The molecule has 82 valence electrons. The van der Waals surface area contributed by atoms with Crippen LogP contribution >= 0.6 is 11.6 Å². The molecule has 2 rings (SSSR count). The topological polar surface area (TPSA) is 39.2 Å². The number of aromatic nitrogens is 1. The Morgan fingerprint density at radius 3 is 2.94 bits per heavy atom. The van der Waals surface area contributed by atoms with E-state index in [0.29, 0.717) is 10.9 Å². The molecule has 0 saturated carbocycles. The quantitative estimate of drug-likeness (QED) is 0.719. The molecule has 1 aromatic heterocycles. The highest BCUT2D eigenvalue weighted by atomic mass is 35.5. The van der Waals surface area contributed by atoms with Gasteiger partial charge in [-0.3, -0.25) is 4.98 Å². The molecule has 0 aliphatic carbocycles. The van der Waals surface area contributed by atoms with Gasteiger partial charge in [-0.15, -0.1) is 0 Å². The molecular formula is C11H7ClFNO2. The van der Waals surface area contributed by atoms with Crippen LogP contribution in [0.1, 0.15) is 10.4 Å². The average molecular weight is 240 g/mol. The summed E-state index contributed by atoms with van der Waals surface area (Å²) >= 11 is 5.98. The lowest BCUT2D eigenvalue weighted by Crippen LogP contribution is -2.03. The third-order valence-electron chi connectivity index (χ3n) is 2.17. The fourth-order valence-corrected chi connectivity index (χ4v) is 1.66. The van der Waals surface area contributed by atoms with Gasteiger partial charge in [-0.05, 0) is 18.2 Å². The molecule has 1 aromatic carbocycles. The zero-order valence-electron chi connectivity index (χ0n) is 8.33. The van der Waals surface area contributed by atoms with Crippen molar-refractivity contribution in [2.75, 3.05) is 7.11 Å². The van der Waals surface area contributed by atoms with Crippen LogP contribution in [-0.2, 0) is 4.74 Å². The number of carbonyl (C=O) groups is 1. The fraction of sp³-hybridized carbons (Fsp3) is 0.0909. The van der Waals surface area contributed by atoms with Crippen LogP contribution in [0.15, 0.2) is 24.4 Å². The van der Waals surface area contributed by atoms with Gasteiger partial charge >= 0.3 is 5.97 Å². The highest BCUT2D eigenvalue weighted by Crippen LogP contribution is 2.26. The van der Waals surface area contributed by atoms with Crippen LogP contribution in [0.4, 0.5) is 4.39 Å². The van der Waals surface area contributed by atoms with Crippen molar-refractivity contribution in [1.82, 2.24) is 4.98 Å². The van der Waals surface area contributed by atoms with Crippen molar-refractivity contribution < 1.29 is 13.9 Å². The Hall–Kier alpha value is -1.68. The molecule has 0 N–H and O–H groups in total. The summed E-state index contributed by atoms with van der Waals surface area (Å²) in [6.07, 6.45) is 1.31. The Bertz CT molecular complexity index is 571. The minimum absolute atomic E-state index is 0.127. The molecule has 0 saturated heterocycles. The van der Waals surface area contributed by atoms with Crippen LogP contribution in [0.3, 0.4) is 0 Å². The first-order chi connectivity index (χ1) is 7.63. The lowest BCUT2D eigenvalue weighted by Gasteiger charge is -2.05. The van der Waals surface area contributed by atoms with Gasteiger partial charge in [0.05, 0.1) is 23.2 Å². The number of fused-ring (bicyclic) bond motifs is 1. The predicted octanol–water partition coefficient (Wildman–Crippen LogP) is 2.81. The number of rotatable bonds is 1. The van der Waals surface area contributed by atoms with Crippen LogP contribution in [0, 0.1) is 5.82 Å².